The van der Waals surface area contributed by atoms with Crippen LogP contribution in [0, 0.1) is 5.92 Å². The fraction of sp³-hybridized carbons (Fsp3) is 1.00. The zero-order valence-corrected chi connectivity index (χ0v) is 6.33. The maximum Gasteiger partial charge on any atom is 0.101 e. The average molecular weight is 154 g/mol. The standard InChI is InChI=1S/C6H12FN.ClH/c1-4(8)5-2-6(7)3-5;/h4-6H,2-3,8H2,1H3;1H. The molecule has 0 radical (unpaired) electrons. The smallest absolute Gasteiger partial charge is 0.101 e. The molecule has 0 aromatic rings. The maximum atomic E-state index is 12.1. The molecule has 0 heterocycles. The molecule has 0 aromatic carbocycles. The van der Waals surface area contributed by atoms with Gasteiger partial charge in [0.2, 0.25) is 0 Å². The highest BCUT2D eigenvalue weighted by molar-refractivity contribution is 5.85. The molecule has 9 heavy (non-hydrogen) atoms. The van der Waals surface area contributed by atoms with Crippen LogP contribution < -0.4 is 5.73 Å². The fourth-order valence-electron chi connectivity index (χ4n) is 1.02. The molecular weight excluding hydrogens is 141 g/mol. The van der Waals surface area contributed by atoms with Crippen LogP contribution in [0.1, 0.15) is 19.8 Å². The molecule has 3 heteroatoms. The van der Waals surface area contributed by atoms with Crippen LogP contribution in [-0.2, 0) is 0 Å². The molecule has 0 aliphatic heterocycles. The predicted molar refractivity (Wildman–Crippen MR) is 38.5 cm³/mol. The van der Waals surface area contributed by atoms with Gasteiger partial charge in [0.05, 0.1) is 0 Å². The van der Waals surface area contributed by atoms with Crippen LogP contribution in [-0.4, -0.2) is 12.2 Å². The summed E-state index contributed by atoms with van der Waals surface area (Å²) in [7, 11) is 0. The number of hydrogen-bond acceptors (Lipinski definition) is 1. The summed E-state index contributed by atoms with van der Waals surface area (Å²) in [6, 6.07) is 0.196. The van der Waals surface area contributed by atoms with E-state index in [4.69, 9.17) is 5.73 Å². The van der Waals surface area contributed by atoms with Gasteiger partial charge in [0.25, 0.3) is 0 Å². The van der Waals surface area contributed by atoms with Crippen LogP contribution in [0.4, 0.5) is 4.39 Å². The number of rotatable bonds is 1. The van der Waals surface area contributed by atoms with E-state index in [1.807, 2.05) is 6.92 Å². The molecule has 1 nitrogen and oxygen atoms in total. The molecule has 0 bridgehead atoms. The van der Waals surface area contributed by atoms with Crippen molar-refractivity contribution in [2.75, 3.05) is 0 Å². The molecule has 1 saturated carbocycles. The maximum absolute atomic E-state index is 12.1. The van der Waals surface area contributed by atoms with Crippen molar-refractivity contribution in [3.8, 4) is 0 Å². The highest BCUT2D eigenvalue weighted by Gasteiger charge is 2.30. The Kier molecular flexibility index (Phi) is 3.44. The van der Waals surface area contributed by atoms with E-state index in [1.54, 1.807) is 0 Å². The summed E-state index contributed by atoms with van der Waals surface area (Å²) in [6.07, 6.45) is 0.834. The summed E-state index contributed by atoms with van der Waals surface area (Å²) in [5, 5.41) is 0. The molecule has 2 N–H and O–H groups in total. The van der Waals surface area contributed by atoms with Crippen molar-refractivity contribution in [3.05, 3.63) is 0 Å². The Morgan fingerprint density at radius 1 is 1.56 bits per heavy atom. The molecule has 1 rings (SSSR count). The summed E-state index contributed by atoms with van der Waals surface area (Å²) in [4.78, 5) is 0. The Balaban J connectivity index is 0.000000640. The number of alkyl halides is 1. The molecule has 1 fully saturated rings. The van der Waals surface area contributed by atoms with Gasteiger partial charge in [-0.25, -0.2) is 4.39 Å². The molecule has 56 valence electrons. The first-order chi connectivity index (χ1) is 3.70. The van der Waals surface area contributed by atoms with Gasteiger partial charge in [0.1, 0.15) is 6.17 Å². The first-order valence-electron chi connectivity index (χ1n) is 3.10. The summed E-state index contributed by atoms with van der Waals surface area (Å²) < 4.78 is 12.1. The van der Waals surface area contributed by atoms with E-state index in [0.29, 0.717) is 18.8 Å². The first-order valence-corrected chi connectivity index (χ1v) is 3.10. The monoisotopic (exact) mass is 153 g/mol. The summed E-state index contributed by atoms with van der Waals surface area (Å²) >= 11 is 0. The van der Waals surface area contributed by atoms with E-state index < -0.39 is 6.17 Å². The third-order valence-electron chi connectivity index (χ3n) is 1.86. The molecule has 1 unspecified atom stereocenters. The van der Waals surface area contributed by atoms with Crippen LogP contribution >= 0.6 is 12.4 Å². The summed E-state index contributed by atoms with van der Waals surface area (Å²) in [5.41, 5.74) is 5.49. The lowest BCUT2D eigenvalue weighted by Crippen LogP contribution is -2.37. The van der Waals surface area contributed by atoms with Crippen molar-refractivity contribution >= 4 is 12.4 Å². The largest absolute Gasteiger partial charge is 0.328 e. The van der Waals surface area contributed by atoms with Crippen LogP contribution in [0.15, 0.2) is 0 Å². The van der Waals surface area contributed by atoms with Crippen LogP contribution in [0.5, 0.6) is 0 Å². The zero-order chi connectivity index (χ0) is 6.15. The van der Waals surface area contributed by atoms with Gasteiger partial charge >= 0.3 is 0 Å². The summed E-state index contributed by atoms with van der Waals surface area (Å²) in [6.45, 7) is 1.94. The highest BCUT2D eigenvalue weighted by Crippen LogP contribution is 2.31. The molecule has 0 saturated heterocycles. The number of nitrogens with two attached hydrogens (primary N) is 1. The molecular formula is C6H13ClFN. The predicted octanol–water partition coefficient (Wildman–Crippen LogP) is 1.50. The van der Waals surface area contributed by atoms with E-state index in [9.17, 15) is 4.39 Å². The average Bonchev–Trinajstić information content (AvgIpc) is 1.57. The minimum atomic E-state index is -0.550. The third-order valence-corrected chi connectivity index (χ3v) is 1.86. The Morgan fingerprint density at radius 2 is 2.00 bits per heavy atom. The second-order valence-electron chi connectivity index (χ2n) is 2.69. The fourth-order valence-corrected chi connectivity index (χ4v) is 1.02. The van der Waals surface area contributed by atoms with Gasteiger partial charge in [-0.05, 0) is 25.7 Å². The van der Waals surface area contributed by atoms with Gasteiger partial charge < -0.3 is 5.73 Å². The number of hydrogen-bond donors (Lipinski definition) is 1. The Bertz CT molecular complexity index is 81.1. The van der Waals surface area contributed by atoms with Crippen molar-refractivity contribution < 1.29 is 4.39 Å². The van der Waals surface area contributed by atoms with Gasteiger partial charge in [-0.2, -0.15) is 0 Å². The Hall–Kier alpha value is 0.180. The van der Waals surface area contributed by atoms with E-state index in [0.717, 1.165) is 0 Å². The molecule has 0 aromatic heterocycles. The normalized spacial score (nSPS) is 36.3. The van der Waals surface area contributed by atoms with E-state index in [2.05, 4.69) is 0 Å². The van der Waals surface area contributed by atoms with E-state index in [1.165, 1.54) is 0 Å². The Labute approximate surface area is 61.2 Å². The Morgan fingerprint density at radius 3 is 2.11 bits per heavy atom. The van der Waals surface area contributed by atoms with Gasteiger partial charge in [0, 0.05) is 6.04 Å². The lowest BCUT2D eigenvalue weighted by molar-refractivity contribution is 0.115. The molecule has 1 aliphatic carbocycles. The van der Waals surface area contributed by atoms with Crippen molar-refractivity contribution in [1.82, 2.24) is 0 Å². The lowest BCUT2D eigenvalue weighted by Gasteiger charge is -2.32. The van der Waals surface area contributed by atoms with Crippen molar-refractivity contribution in [1.29, 1.82) is 0 Å². The number of halogens is 2. The van der Waals surface area contributed by atoms with Crippen molar-refractivity contribution in [2.24, 2.45) is 11.7 Å². The molecule has 1 atom stereocenters. The van der Waals surface area contributed by atoms with Gasteiger partial charge in [-0.1, -0.05) is 0 Å². The SMILES string of the molecule is CC(N)C1CC(F)C1.Cl. The topological polar surface area (TPSA) is 26.0 Å². The lowest BCUT2D eigenvalue weighted by atomic mass is 9.79. The summed E-state index contributed by atoms with van der Waals surface area (Å²) in [5.74, 6) is 0.463. The minimum absolute atomic E-state index is 0. The third kappa shape index (κ3) is 2.11. The molecule has 0 spiro atoms. The molecule has 1 aliphatic rings. The zero-order valence-electron chi connectivity index (χ0n) is 5.51. The quantitative estimate of drug-likeness (QED) is 0.607. The van der Waals surface area contributed by atoms with Crippen molar-refractivity contribution in [2.45, 2.75) is 32.0 Å². The first kappa shape index (κ1) is 9.18. The van der Waals surface area contributed by atoms with Gasteiger partial charge in [-0.3, -0.25) is 0 Å². The second kappa shape index (κ2) is 3.37. The second-order valence-corrected chi connectivity index (χ2v) is 2.69. The minimum Gasteiger partial charge on any atom is -0.328 e. The van der Waals surface area contributed by atoms with E-state index >= 15 is 0 Å². The van der Waals surface area contributed by atoms with Gasteiger partial charge in [0.15, 0.2) is 0 Å². The van der Waals surface area contributed by atoms with Gasteiger partial charge in [-0.15, -0.1) is 12.4 Å². The van der Waals surface area contributed by atoms with E-state index in [-0.39, 0.29) is 18.4 Å². The van der Waals surface area contributed by atoms with Crippen molar-refractivity contribution in [3.63, 3.8) is 0 Å². The van der Waals surface area contributed by atoms with Crippen LogP contribution in [0.25, 0.3) is 0 Å². The molecule has 0 amide bonds. The van der Waals surface area contributed by atoms with Crippen LogP contribution in [0.3, 0.4) is 0 Å². The highest BCUT2D eigenvalue weighted by atomic mass is 35.5. The van der Waals surface area contributed by atoms with Crippen LogP contribution in [0.2, 0.25) is 0 Å².